The van der Waals surface area contributed by atoms with Gasteiger partial charge in [-0.3, -0.25) is 9.48 Å². The van der Waals surface area contributed by atoms with Gasteiger partial charge < -0.3 is 5.32 Å². The van der Waals surface area contributed by atoms with E-state index >= 15 is 0 Å². The lowest BCUT2D eigenvalue weighted by Gasteiger charge is -2.13. The maximum Gasteiger partial charge on any atom is 0.272 e. The number of nitrogens with one attached hydrogen (secondary N) is 1. The number of hydrogen-bond donors (Lipinski definition) is 2. The summed E-state index contributed by atoms with van der Waals surface area (Å²) in [5.41, 5.74) is 1.97. The SMILES string of the molecule is Cn1nc(C(=O)NCc2ccc(S(N)(=O)=O)cc2)c2c1CCS(=O)(=O)C2. The van der Waals surface area contributed by atoms with Gasteiger partial charge in [0.15, 0.2) is 15.5 Å². The molecule has 2 heterocycles. The third-order valence-corrected chi connectivity index (χ3v) is 6.69. The van der Waals surface area contributed by atoms with Gasteiger partial charge in [-0.05, 0) is 17.7 Å². The van der Waals surface area contributed by atoms with Gasteiger partial charge in [-0.25, -0.2) is 22.0 Å². The Hall–Kier alpha value is -2.24. The highest BCUT2D eigenvalue weighted by atomic mass is 32.2. The van der Waals surface area contributed by atoms with E-state index in [4.69, 9.17) is 5.14 Å². The fourth-order valence-electron chi connectivity index (χ4n) is 2.86. The van der Waals surface area contributed by atoms with E-state index in [2.05, 4.69) is 10.4 Å². The van der Waals surface area contributed by atoms with E-state index in [9.17, 15) is 21.6 Å². The molecule has 1 amide bonds. The van der Waals surface area contributed by atoms with Crippen LogP contribution in [0, 0.1) is 0 Å². The van der Waals surface area contributed by atoms with E-state index in [1.54, 1.807) is 23.9 Å². The van der Waals surface area contributed by atoms with E-state index in [0.29, 0.717) is 17.5 Å². The Morgan fingerprint density at radius 2 is 1.96 bits per heavy atom. The monoisotopic (exact) mass is 398 g/mol. The molecule has 2 aromatic rings. The van der Waals surface area contributed by atoms with Crippen LogP contribution in [-0.4, -0.2) is 38.3 Å². The Morgan fingerprint density at radius 3 is 2.58 bits per heavy atom. The van der Waals surface area contributed by atoms with Crippen molar-refractivity contribution in [2.75, 3.05) is 5.75 Å². The molecule has 0 spiro atoms. The van der Waals surface area contributed by atoms with Gasteiger partial charge in [-0.1, -0.05) is 12.1 Å². The summed E-state index contributed by atoms with van der Waals surface area (Å²) < 4.78 is 47.7. The van der Waals surface area contributed by atoms with Gasteiger partial charge in [0.2, 0.25) is 10.0 Å². The van der Waals surface area contributed by atoms with Crippen molar-refractivity contribution in [1.29, 1.82) is 0 Å². The number of aryl methyl sites for hydroxylation is 1. The summed E-state index contributed by atoms with van der Waals surface area (Å²) in [5.74, 6) is -0.617. The zero-order chi connectivity index (χ0) is 19.1. The minimum absolute atomic E-state index is 0.0171. The van der Waals surface area contributed by atoms with Crippen molar-refractivity contribution in [3.8, 4) is 0 Å². The molecule has 0 unspecified atom stereocenters. The summed E-state index contributed by atoms with van der Waals surface area (Å²) >= 11 is 0. The Labute approximate surface area is 151 Å². The highest BCUT2D eigenvalue weighted by Gasteiger charge is 2.30. The van der Waals surface area contributed by atoms with E-state index < -0.39 is 25.8 Å². The summed E-state index contributed by atoms with van der Waals surface area (Å²) in [5, 5.41) is 11.9. The highest BCUT2D eigenvalue weighted by Crippen LogP contribution is 2.23. The van der Waals surface area contributed by atoms with Gasteiger partial charge in [0.1, 0.15) is 0 Å². The summed E-state index contributed by atoms with van der Waals surface area (Å²) in [7, 11) is -5.32. The average molecular weight is 398 g/mol. The van der Waals surface area contributed by atoms with Crippen LogP contribution in [0.25, 0.3) is 0 Å². The molecule has 0 aliphatic carbocycles. The average Bonchev–Trinajstić information content (AvgIpc) is 2.87. The minimum Gasteiger partial charge on any atom is -0.347 e. The number of aromatic nitrogens is 2. The Morgan fingerprint density at radius 1 is 1.31 bits per heavy atom. The molecule has 1 aromatic carbocycles. The molecule has 3 N–H and O–H groups in total. The van der Waals surface area contributed by atoms with E-state index in [1.165, 1.54) is 12.1 Å². The van der Waals surface area contributed by atoms with Crippen molar-refractivity contribution < 1.29 is 21.6 Å². The van der Waals surface area contributed by atoms with Gasteiger partial charge in [0.05, 0.1) is 16.4 Å². The fraction of sp³-hybridized carbons (Fsp3) is 0.333. The predicted octanol–water partition coefficient (Wildman–Crippen LogP) is -0.532. The van der Waals surface area contributed by atoms with Gasteiger partial charge in [0.25, 0.3) is 5.91 Å². The number of hydrogen-bond acceptors (Lipinski definition) is 6. The molecule has 9 nitrogen and oxygen atoms in total. The van der Waals surface area contributed by atoms with E-state index in [0.717, 1.165) is 5.69 Å². The molecular formula is C15H18N4O5S2. The first-order chi connectivity index (χ1) is 12.1. The smallest absolute Gasteiger partial charge is 0.272 e. The van der Waals surface area contributed by atoms with Crippen molar-refractivity contribution in [3.63, 3.8) is 0 Å². The third-order valence-electron chi connectivity index (χ3n) is 4.21. The molecule has 1 aliphatic rings. The molecule has 0 bridgehead atoms. The first-order valence-corrected chi connectivity index (χ1v) is 11.1. The zero-order valence-corrected chi connectivity index (χ0v) is 15.6. The second-order valence-corrected chi connectivity index (χ2v) is 9.86. The Kier molecular flexibility index (Phi) is 4.63. The number of nitrogens with zero attached hydrogens (tertiary/aromatic N) is 2. The van der Waals surface area contributed by atoms with Gasteiger partial charge in [-0.15, -0.1) is 0 Å². The predicted molar refractivity (Wildman–Crippen MR) is 93.4 cm³/mol. The standard InChI is InChI=1S/C15H18N4O5S2/c1-19-13-6-7-25(21,22)9-12(13)14(18-19)15(20)17-8-10-2-4-11(5-3-10)26(16,23)24/h2-5H,6-9H2,1H3,(H,17,20)(H2,16,23,24). The molecule has 26 heavy (non-hydrogen) atoms. The van der Waals surface area contributed by atoms with Crippen LogP contribution in [0.3, 0.4) is 0 Å². The van der Waals surface area contributed by atoms with Crippen molar-refractivity contribution in [2.45, 2.75) is 23.6 Å². The first-order valence-electron chi connectivity index (χ1n) is 7.72. The zero-order valence-electron chi connectivity index (χ0n) is 14.0. The number of sulfone groups is 1. The Bertz CT molecular complexity index is 1070. The highest BCUT2D eigenvalue weighted by molar-refractivity contribution is 7.90. The molecule has 0 fully saturated rings. The van der Waals surface area contributed by atoms with Crippen molar-refractivity contribution in [1.82, 2.24) is 15.1 Å². The number of sulfonamides is 1. The molecule has 0 saturated heterocycles. The number of fused-ring (bicyclic) bond motifs is 1. The van der Waals surface area contributed by atoms with Crippen LogP contribution in [0.15, 0.2) is 29.2 Å². The molecule has 0 atom stereocenters. The van der Waals surface area contributed by atoms with Crippen molar-refractivity contribution >= 4 is 25.8 Å². The number of rotatable bonds is 4. The number of carbonyl (C=O) groups excluding carboxylic acids is 1. The normalized spacial score (nSPS) is 16.1. The van der Waals surface area contributed by atoms with Crippen molar-refractivity contribution in [3.05, 3.63) is 46.8 Å². The molecular weight excluding hydrogens is 380 g/mol. The number of carbonyl (C=O) groups is 1. The first kappa shape index (κ1) is 18.5. The van der Waals surface area contributed by atoms with E-state index in [-0.39, 0.29) is 28.6 Å². The summed E-state index contributed by atoms with van der Waals surface area (Å²) in [4.78, 5) is 12.4. The topological polar surface area (TPSA) is 141 Å². The van der Waals surface area contributed by atoms with Crippen molar-refractivity contribution in [2.24, 2.45) is 12.2 Å². The quantitative estimate of drug-likeness (QED) is 0.709. The van der Waals surface area contributed by atoms with Gasteiger partial charge in [-0.2, -0.15) is 5.10 Å². The lowest BCUT2D eigenvalue weighted by Crippen LogP contribution is -2.26. The van der Waals surface area contributed by atoms with Crippen LogP contribution < -0.4 is 10.5 Å². The number of amides is 1. The van der Waals surface area contributed by atoms with Crippen LogP contribution in [0.1, 0.15) is 27.3 Å². The van der Waals surface area contributed by atoms with Crippen LogP contribution in [0.4, 0.5) is 0 Å². The molecule has 11 heteroatoms. The van der Waals surface area contributed by atoms with E-state index in [1.807, 2.05) is 0 Å². The molecule has 1 aromatic heterocycles. The van der Waals surface area contributed by atoms with Gasteiger partial charge in [0, 0.05) is 31.3 Å². The summed E-state index contributed by atoms with van der Waals surface area (Å²) in [6, 6.07) is 5.79. The largest absolute Gasteiger partial charge is 0.347 e. The third kappa shape index (κ3) is 3.79. The molecule has 140 valence electrons. The van der Waals surface area contributed by atoms with Crippen LogP contribution in [0.2, 0.25) is 0 Å². The molecule has 0 radical (unpaired) electrons. The molecule has 1 aliphatic heterocycles. The van der Waals surface area contributed by atoms with Gasteiger partial charge >= 0.3 is 0 Å². The lowest BCUT2D eigenvalue weighted by atomic mass is 10.1. The summed E-state index contributed by atoms with van der Waals surface area (Å²) in [6.45, 7) is 0.141. The lowest BCUT2D eigenvalue weighted by molar-refractivity contribution is 0.0944. The minimum atomic E-state index is -3.77. The number of benzene rings is 1. The molecule has 3 rings (SSSR count). The second kappa shape index (κ2) is 6.49. The fourth-order valence-corrected chi connectivity index (χ4v) is 4.76. The number of primary sulfonamides is 1. The number of nitrogens with two attached hydrogens (primary N) is 1. The second-order valence-electron chi connectivity index (χ2n) is 6.11. The summed E-state index contributed by atoms with van der Waals surface area (Å²) in [6.07, 6.45) is 0.337. The van der Waals surface area contributed by atoms with Crippen LogP contribution >= 0.6 is 0 Å². The maximum atomic E-state index is 12.4. The maximum absolute atomic E-state index is 12.4. The van der Waals surface area contributed by atoms with Crippen LogP contribution in [-0.2, 0) is 45.6 Å². The Balaban J connectivity index is 1.76. The molecule has 0 saturated carbocycles. The van der Waals surface area contributed by atoms with Crippen LogP contribution in [0.5, 0.6) is 0 Å².